The third-order valence-corrected chi connectivity index (χ3v) is 3.62. The summed E-state index contributed by atoms with van der Waals surface area (Å²) in [7, 11) is 0. The zero-order valence-electron chi connectivity index (χ0n) is 10.0. The summed E-state index contributed by atoms with van der Waals surface area (Å²) in [5, 5.41) is 1.10. The highest BCUT2D eigenvalue weighted by Gasteiger charge is 2.04. The molecule has 0 aliphatic carbocycles. The smallest absolute Gasteiger partial charge is 0.126 e. The number of benzene rings is 2. The molecule has 0 nitrogen and oxygen atoms in total. The van der Waals surface area contributed by atoms with E-state index in [2.05, 4.69) is 0 Å². The summed E-state index contributed by atoms with van der Waals surface area (Å²) in [5.74, 6) is -0.143. The Morgan fingerprint density at radius 3 is 2.28 bits per heavy atom. The van der Waals surface area contributed by atoms with Crippen molar-refractivity contribution in [2.24, 2.45) is 0 Å². The van der Waals surface area contributed by atoms with Gasteiger partial charge in [-0.2, -0.15) is 0 Å². The van der Waals surface area contributed by atoms with E-state index in [0.717, 1.165) is 23.1 Å². The van der Waals surface area contributed by atoms with Gasteiger partial charge in [-0.15, -0.1) is 0 Å². The molecule has 0 aliphatic rings. The Morgan fingerprint density at radius 1 is 0.944 bits per heavy atom. The van der Waals surface area contributed by atoms with Gasteiger partial charge in [0, 0.05) is 0 Å². The molecule has 3 heteroatoms. The van der Waals surface area contributed by atoms with Crippen molar-refractivity contribution in [2.45, 2.75) is 19.8 Å². The maximum Gasteiger partial charge on any atom is 0.126 e. The summed E-state index contributed by atoms with van der Waals surface area (Å²) in [6.45, 7) is 1.95. The molecular weight excluding hydrogens is 270 g/mol. The van der Waals surface area contributed by atoms with Gasteiger partial charge in [0.05, 0.1) is 10.0 Å². The van der Waals surface area contributed by atoms with E-state index in [0.29, 0.717) is 16.5 Å². The molecule has 0 heterocycles. The van der Waals surface area contributed by atoms with Crippen LogP contribution in [0.3, 0.4) is 0 Å². The van der Waals surface area contributed by atoms with Gasteiger partial charge in [0.2, 0.25) is 0 Å². The number of aryl methyl sites for hydroxylation is 1. The van der Waals surface area contributed by atoms with Crippen molar-refractivity contribution >= 4 is 23.2 Å². The molecule has 0 fully saturated rings. The first-order valence-corrected chi connectivity index (χ1v) is 6.57. The molecule has 0 radical (unpaired) electrons. The molecule has 0 amide bonds. The van der Waals surface area contributed by atoms with E-state index in [1.165, 1.54) is 6.07 Å². The Balaban J connectivity index is 2.25. The lowest BCUT2D eigenvalue weighted by molar-refractivity contribution is 0.611. The Bertz CT molecular complexity index is 564. The summed E-state index contributed by atoms with van der Waals surface area (Å²) in [6, 6.07) is 10.8. The zero-order chi connectivity index (χ0) is 13.1. The highest BCUT2D eigenvalue weighted by molar-refractivity contribution is 6.42. The summed E-state index contributed by atoms with van der Waals surface area (Å²) in [4.78, 5) is 0. The van der Waals surface area contributed by atoms with Crippen LogP contribution in [-0.2, 0) is 12.8 Å². The Hall–Kier alpha value is -1.05. The van der Waals surface area contributed by atoms with Crippen LogP contribution in [0.2, 0.25) is 10.0 Å². The third kappa shape index (κ3) is 3.04. The summed E-state index contributed by atoms with van der Waals surface area (Å²) in [6.07, 6.45) is 1.42. The van der Waals surface area contributed by atoms with Gasteiger partial charge in [0.25, 0.3) is 0 Å². The van der Waals surface area contributed by atoms with E-state index in [4.69, 9.17) is 23.2 Å². The molecule has 0 saturated heterocycles. The minimum atomic E-state index is -0.143. The fraction of sp³-hybridized carbons (Fsp3) is 0.200. The first-order chi connectivity index (χ1) is 8.60. The van der Waals surface area contributed by atoms with Crippen molar-refractivity contribution in [1.29, 1.82) is 0 Å². The third-order valence-electron chi connectivity index (χ3n) is 2.88. The maximum absolute atomic E-state index is 13.4. The minimum absolute atomic E-state index is 0.143. The van der Waals surface area contributed by atoms with Gasteiger partial charge in [-0.1, -0.05) is 48.3 Å². The van der Waals surface area contributed by atoms with Crippen LogP contribution in [0, 0.1) is 5.82 Å². The maximum atomic E-state index is 13.4. The van der Waals surface area contributed by atoms with E-state index in [9.17, 15) is 4.39 Å². The lowest BCUT2D eigenvalue weighted by atomic mass is 10.0. The molecule has 0 unspecified atom stereocenters. The monoisotopic (exact) mass is 282 g/mol. The molecule has 0 aromatic heterocycles. The number of rotatable bonds is 3. The predicted octanol–water partition coefficient (Wildman–Crippen LogP) is 5.29. The second kappa shape index (κ2) is 5.73. The van der Waals surface area contributed by atoms with Crippen LogP contribution in [0.25, 0.3) is 0 Å². The van der Waals surface area contributed by atoms with Gasteiger partial charge in [0.1, 0.15) is 5.82 Å². The average molecular weight is 283 g/mol. The largest absolute Gasteiger partial charge is 0.207 e. The van der Waals surface area contributed by atoms with Crippen molar-refractivity contribution in [3.63, 3.8) is 0 Å². The number of hydrogen-bond acceptors (Lipinski definition) is 0. The fourth-order valence-corrected chi connectivity index (χ4v) is 2.21. The first kappa shape index (κ1) is 13.4. The van der Waals surface area contributed by atoms with Crippen molar-refractivity contribution in [3.05, 3.63) is 69.0 Å². The molecule has 0 bridgehead atoms. The standard InChI is InChI=1S/C15H13Cl2F/c1-2-12-8-10(4-6-15(12)18)7-11-3-5-13(16)14(17)9-11/h3-6,8-9H,2,7H2,1H3. The predicted molar refractivity (Wildman–Crippen MR) is 75.0 cm³/mol. The Labute approximate surface area is 116 Å². The summed E-state index contributed by atoms with van der Waals surface area (Å²) < 4.78 is 13.4. The molecule has 2 aromatic carbocycles. The molecule has 0 saturated carbocycles. The van der Waals surface area contributed by atoms with E-state index < -0.39 is 0 Å². The van der Waals surface area contributed by atoms with Crippen LogP contribution in [0.4, 0.5) is 4.39 Å². The lowest BCUT2D eigenvalue weighted by Gasteiger charge is -2.06. The van der Waals surface area contributed by atoms with Gasteiger partial charge >= 0.3 is 0 Å². The minimum Gasteiger partial charge on any atom is -0.207 e. The Kier molecular flexibility index (Phi) is 4.26. The van der Waals surface area contributed by atoms with Crippen LogP contribution in [0.5, 0.6) is 0 Å². The topological polar surface area (TPSA) is 0 Å². The quantitative estimate of drug-likeness (QED) is 0.718. The van der Waals surface area contributed by atoms with Gasteiger partial charge in [-0.05, 0) is 47.7 Å². The molecule has 2 rings (SSSR count). The summed E-state index contributed by atoms with van der Waals surface area (Å²) >= 11 is 11.8. The molecule has 0 N–H and O–H groups in total. The van der Waals surface area contributed by atoms with Gasteiger partial charge in [0.15, 0.2) is 0 Å². The van der Waals surface area contributed by atoms with Crippen LogP contribution in [-0.4, -0.2) is 0 Å². The Morgan fingerprint density at radius 2 is 1.61 bits per heavy atom. The molecular formula is C15H13Cl2F. The van der Waals surface area contributed by atoms with Crippen LogP contribution >= 0.6 is 23.2 Å². The van der Waals surface area contributed by atoms with Gasteiger partial charge in [-0.25, -0.2) is 4.39 Å². The highest BCUT2D eigenvalue weighted by Crippen LogP contribution is 2.24. The van der Waals surface area contributed by atoms with Crippen LogP contribution in [0.15, 0.2) is 36.4 Å². The van der Waals surface area contributed by atoms with E-state index >= 15 is 0 Å². The van der Waals surface area contributed by atoms with Crippen molar-refractivity contribution in [2.75, 3.05) is 0 Å². The van der Waals surface area contributed by atoms with Gasteiger partial charge < -0.3 is 0 Å². The normalized spacial score (nSPS) is 10.7. The highest BCUT2D eigenvalue weighted by atomic mass is 35.5. The second-order valence-electron chi connectivity index (χ2n) is 4.20. The lowest BCUT2D eigenvalue weighted by Crippen LogP contribution is -1.93. The molecule has 94 valence electrons. The molecule has 18 heavy (non-hydrogen) atoms. The second-order valence-corrected chi connectivity index (χ2v) is 5.02. The molecule has 2 aromatic rings. The van der Waals surface area contributed by atoms with Gasteiger partial charge in [-0.3, -0.25) is 0 Å². The van der Waals surface area contributed by atoms with Crippen LogP contribution < -0.4 is 0 Å². The average Bonchev–Trinajstić information content (AvgIpc) is 2.36. The van der Waals surface area contributed by atoms with Crippen molar-refractivity contribution < 1.29 is 4.39 Å². The van der Waals surface area contributed by atoms with E-state index in [1.54, 1.807) is 12.1 Å². The fourth-order valence-electron chi connectivity index (χ4n) is 1.89. The SMILES string of the molecule is CCc1cc(Cc2ccc(Cl)c(Cl)c2)ccc1F. The van der Waals surface area contributed by atoms with E-state index in [1.807, 2.05) is 25.1 Å². The number of hydrogen-bond donors (Lipinski definition) is 0. The molecule has 0 aliphatic heterocycles. The van der Waals surface area contributed by atoms with E-state index in [-0.39, 0.29) is 5.82 Å². The molecule has 0 atom stereocenters. The zero-order valence-corrected chi connectivity index (χ0v) is 11.5. The first-order valence-electron chi connectivity index (χ1n) is 5.81. The van der Waals surface area contributed by atoms with Crippen molar-refractivity contribution in [1.82, 2.24) is 0 Å². The molecule has 0 spiro atoms. The summed E-state index contributed by atoms with van der Waals surface area (Å²) in [5.41, 5.74) is 2.89. The number of halogens is 3. The van der Waals surface area contributed by atoms with Crippen LogP contribution in [0.1, 0.15) is 23.6 Å². The van der Waals surface area contributed by atoms with Crippen molar-refractivity contribution in [3.8, 4) is 0 Å².